The summed E-state index contributed by atoms with van der Waals surface area (Å²) in [6.07, 6.45) is 5.10. The summed E-state index contributed by atoms with van der Waals surface area (Å²) in [7, 11) is 0. The van der Waals surface area contributed by atoms with E-state index >= 15 is 0 Å². The Morgan fingerprint density at radius 3 is 2.89 bits per heavy atom. The highest BCUT2D eigenvalue weighted by Crippen LogP contribution is 2.31. The highest BCUT2D eigenvalue weighted by molar-refractivity contribution is 14.2. The minimum atomic E-state index is 0.481. The van der Waals surface area contributed by atoms with Crippen molar-refractivity contribution in [1.82, 2.24) is 9.55 Å². The van der Waals surface area contributed by atoms with Crippen LogP contribution in [0.15, 0.2) is 36.9 Å². The second-order valence-corrected chi connectivity index (χ2v) is 5.72. The van der Waals surface area contributed by atoms with Gasteiger partial charge in [0.1, 0.15) is 5.69 Å². The Labute approximate surface area is 120 Å². The molecule has 0 spiro atoms. The number of benzene rings is 1. The van der Waals surface area contributed by atoms with Crippen LogP contribution < -0.4 is 0 Å². The van der Waals surface area contributed by atoms with E-state index in [4.69, 9.17) is 0 Å². The molecule has 0 aliphatic rings. The Bertz CT molecular complexity index is 646. The van der Waals surface area contributed by atoms with E-state index in [2.05, 4.69) is 33.7 Å². The fourth-order valence-electron chi connectivity index (χ4n) is 1.87. The molecule has 1 unspecified atom stereocenters. The van der Waals surface area contributed by atoms with E-state index in [-0.39, 0.29) is 0 Å². The van der Waals surface area contributed by atoms with Crippen molar-refractivity contribution >= 4 is 51.2 Å². The van der Waals surface area contributed by atoms with Gasteiger partial charge in [-0.15, -0.1) is 0 Å². The van der Waals surface area contributed by atoms with Crippen LogP contribution in [0.3, 0.4) is 0 Å². The number of allylic oxidation sites excluding steroid dienone is 3. The molecule has 0 saturated carbocycles. The molecule has 18 heavy (non-hydrogen) atoms. The van der Waals surface area contributed by atoms with Crippen LogP contribution in [0.25, 0.3) is 16.5 Å². The van der Waals surface area contributed by atoms with E-state index in [9.17, 15) is 4.79 Å². The molecule has 92 valence electrons. The number of rotatable bonds is 4. The van der Waals surface area contributed by atoms with Gasteiger partial charge in [-0.1, -0.05) is 24.8 Å². The molecule has 1 atom stereocenters. The van der Waals surface area contributed by atoms with Gasteiger partial charge in [0.15, 0.2) is 6.29 Å². The molecule has 0 N–H and O–H groups in total. The van der Waals surface area contributed by atoms with Gasteiger partial charge in [0.25, 0.3) is 0 Å². The lowest BCUT2D eigenvalue weighted by Crippen LogP contribution is -1.84. The molecule has 0 aliphatic heterocycles. The summed E-state index contributed by atoms with van der Waals surface area (Å²) in [5.74, 6) is 0. The van der Waals surface area contributed by atoms with Gasteiger partial charge < -0.3 is 0 Å². The van der Waals surface area contributed by atoms with Crippen molar-refractivity contribution in [3.63, 3.8) is 0 Å². The van der Waals surface area contributed by atoms with Crippen molar-refractivity contribution in [2.24, 2.45) is 0 Å². The first kappa shape index (κ1) is 13.4. The SMILES string of the molecule is C=C/C(=C\C)c1ccc2c(c1)c(C=O)nn2PI. The topological polar surface area (TPSA) is 34.9 Å². The van der Waals surface area contributed by atoms with Crippen molar-refractivity contribution in [2.75, 3.05) is 0 Å². The smallest absolute Gasteiger partial charge is 0.170 e. The van der Waals surface area contributed by atoms with Crippen LogP contribution in [-0.4, -0.2) is 15.8 Å². The summed E-state index contributed by atoms with van der Waals surface area (Å²) in [6, 6.07) is 6.03. The lowest BCUT2D eigenvalue weighted by Gasteiger charge is -2.02. The van der Waals surface area contributed by atoms with Gasteiger partial charge in [0.05, 0.1) is 11.9 Å². The molecule has 2 rings (SSSR count). The van der Waals surface area contributed by atoms with Crippen LogP contribution in [0.2, 0.25) is 0 Å². The van der Waals surface area contributed by atoms with E-state index in [1.807, 2.05) is 41.7 Å². The van der Waals surface area contributed by atoms with Crippen LogP contribution in [0.5, 0.6) is 0 Å². The quantitative estimate of drug-likeness (QED) is 0.350. The van der Waals surface area contributed by atoms with Gasteiger partial charge in [-0.3, -0.25) is 4.79 Å². The molecule has 1 heterocycles. The maximum absolute atomic E-state index is 11.1. The first-order chi connectivity index (χ1) is 8.74. The zero-order valence-corrected chi connectivity index (χ0v) is 13.0. The zero-order chi connectivity index (χ0) is 13.1. The van der Waals surface area contributed by atoms with Gasteiger partial charge >= 0.3 is 0 Å². The average molecular weight is 370 g/mol. The molecule has 5 heteroatoms. The largest absolute Gasteiger partial charge is 0.296 e. The van der Waals surface area contributed by atoms with Crippen molar-refractivity contribution in [2.45, 2.75) is 6.92 Å². The van der Waals surface area contributed by atoms with Crippen LogP contribution in [0, 0.1) is 0 Å². The Kier molecular flexibility index (Phi) is 4.30. The van der Waals surface area contributed by atoms with E-state index in [0.29, 0.717) is 12.1 Å². The maximum Gasteiger partial charge on any atom is 0.170 e. The predicted molar refractivity (Wildman–Crippen MR) is 86.7 cm³/mol. The number of carbonyl (C=O) groups is 1. The van der Waals surface area contributed by atoms with Crippen molar-refractivity contribution < 1.29 is 4.79 Å². The van der Waals surface area contributed by atoms with Crippen LogP contribution >= 0.6 is 28.4 Å². The fourth-order valence-corrected chi connectivity index (χ4v) is 3.41. The lowest BCUT2D eigenvalue weighted by molar-refractivity contribution is 0.112. The number of halogens is 1. The fraction of sp³-hybridized carbons (Fsp3) is 0.0769. The molecule has 0 fully saturated rings. The molecule has 2 aromatic rings. The number of aromatic nitrogens is 2. The summed E-state index contributed by atoms with van der Waals surface area (Å²) in [6.45, 7) is 5.76. The zero-order valence-electron chi connectivity index (χ0n) is 9.85. The Hall–Kier alpha value is -1.000. The van der Waals surface area contributed by atoms with Crippen LogP contribution in [0.1, 0.15) is 23.0 Å². The molecule has 1 aromatic heterocycles. The third-order valence-electron chi connectivity index (χ3n) is 2.76. The van der Waals surface area contributed by atoms with Gasteiger partial charge in [-0.2, -0.15) is 5.10 Å². The van der Waals surface area contributed by atoms with E-state index in [0.717, 1.165) is 28.3 Å². The normalized spacial score (nSPS) is 12.4. The summed E-state index contributed by atoms with van der Waals surface area (Å²) >= 11 is 2.25. The van der Waals surface area contributed by atoms with Crippen LogP contribution in [-0.2, 0) is 0 Å². The number of aldehydes is 1. The van der Waals surface area contributed by atoms with Crippen molar-refractivity contribution in [3.05, 3.63) is 48.2 Å². The molecule has 0 radical (unpaired) electrons. The standard InChI is InChI=1S/C13H12IN2OP/c1-3-9(4-2)10-5-6-13-11(7-10)12(8-17)15-16(13)18-14/h3-8,18H,1H2,2H3/b9-4+. The van der Waals surface area contributed by atoms with Crippen molar-refractivity contribution in [1.29, 1.82) is 0 Å². The van der Waals surface area contributed by atoms with E-state index in [1.54, 1.807) is 0 Å². The molecular weight excluding hydrogens is 358 g/mol. The summed E-state index contributed by atoms with van der Waals surface area (Å²) in [5.41, 5.74) is 3.60. The first-order valence-electron chi connectivity index (χ1n) is 5.39. The summed E-state index contributed by atoms with van der Waals surface area (Å²) in [5, 5.41) is 5.18. The predicted octanol–water partition coefficient (Wildman–Crippen LogP) is 4.23. The molecule has 1 aromatic carbocycles. The molecular formula is C13H12IN2OP. The minimum Gasteiger partial charge on any atom is -0.296 e. The maximum atomic E-state index is 11.1. The third kappa shape index (κ3) is 2.27. The lowest BCUT2D eigenvalue weighted by atomic mass is 10.0. The Morgan fingerprint density at radius 2 is 2.33 bits per heavy atom. The highest BCUT2D eigenvalue weighted by Gasteiger charge is 2.10. The average Bonchev–Trinajstić information content (AvgIpc) is 2.77. The number of fused-ring (bicyclic) bond motifs is 1. The second kappa shape index (κ2) is 5.76. The molecule has 0 amide bonds. The van der Waals surface area contributed by atoms with E-state index in [1.165, 1.54) is 0 Å². The molecule has 0 bridgehead atoms. The first-order valence-corrected chi connectivity index (χ1v) is 9.45. The highest BCUT2D eigenvalue weighted by atomic mass is 127. The summed E-state index contributed by atoms with van der Waals surface area (Å²) < 4.78 is 1.85. The number of nitrogens with zero attached hydrogens (tertiary/aromatic N) is 2. The van der Waals surface area contributed by atoms with Gasteiger partial charge in [-0.25, -0.2) is 4.45 Å². The molecule has 3 nitrogen and oxygen atoms in total. The van der Waals surface area contributed by atoms with E-state index < -0.39 is 0 Å². The van der Waals surface area contributed by atoms with Gasteiger partial charge in [-0.05, 0) is 52.2 Å². The Balaban J connectivity index is 2.71. The number of carbonyl (C=O) groups excluding carboxylic acids is 1. The molecule has 0 aliphatic carbocycles. The number of hydrogen-bond acceptors (Lipinski definition) is 2. The Morgan fingerprint density at radius 1 is 1.56 bits per heavy atom. The monoisotopic (exact) mass is 370 g/mol. The summed E-state index contributed by atoms with van der Waals surface area (Å²) in [4.78, 5) is 11.1. The third-order valence-corrected chi connectivity index (χ3v) is 4.64. The second-order valence-electron chi connectivity index (χ2n) is 3.68. The van der Waals surface area contributed by atoms with Crippen molar-refractivity contribution in [3.8, 4) is 0 Å². The van der Waals surface area contributed by atoms with Gasteiger partial charge in [0.2, 0.25) is 0 Å². The van der Waals surface area contributed by atoms with Crippen LogP contribution in [0.4, 0.5) is 0 Å². The minimum absolute atomic E-state index is 0.481. The molecule has 0 saturated heterocycles. The number of hydrogen-bond donors (Lipinski definition) is 0. The van der Waals surface area contributed by atoms with Gasteiger partial charge in [0, 0.05) is 5.39 Å².